The van der Waals surface area contributed by atoms with Crippen molar-refractivity contribution >= 4 is 57.4 Å². The van der Waals surface area contributed by atoms with E-state index in [1.165, 1.54) is 17.4 Å². The van der Waals surface area contributed by atoms with E-state index in [0.717, 1.165) is 36.1 Å². The van der Waals surface area contributed by atoms with Crippen molar-refractivity contribution in [3.63, 3.8) is 0 Å². The van der Waals surface area contributed by atoms with Gasteiger partial charge in [-0.15, -0.1) is 11.3 Å². The standard InChI is InChI=1S/C22H18Cl2N2O3S/c23-15-6-3-5-13(20(15)24)16-10-8-12(29-16)9-11-18(27)26-22-19(21(25)28)14-4-1-2-7-17(14)30-22/h3,5-6,8-11H,1-2,4,7H2,(H2,25,28)(H,26,27). The lowest BCUT2D eigenvalue weighted by Crippen LogP contribution is -2.17. The van der Waals surface area contributed by atoms with Crippen LogP contribution in [-0.2, 0) is 17.6 Å². The Labute approximate surface area is 187 Å². The molecule has 2 aromatic heterocycles. The first-order valence-electron chi connectivity index (χ1n) is 9.41. The summed E-state index contributed by atoms with van der Waals surface area (Å²) in [6, 6.07) is 8.77. The average molecular weight is 461 g/mol. The molecule has 30 heavy (non-hydrogen) atoms. The van der Waals surface area contributed by atoms with Crippen molar-refractivity contribution in [2.24, 2.45) is 5.73 Å². The molecular formula is C22H18Cl2N2O3S. The van der Waals surface area contributed by atoms with Gasteiger partial charge in [-0.2, -0.15) is 0 Å². The predicted molar refractivity (Wildman–Crippen MR) is 121 cm³/mol. The molecule has 0 unspecified atom stereocenters. The fraction of sp³-hybridized carbons (Fsp3) is 0.182. The molecule has 3 N–H and O–H groups in total. The minimum Gasteiger partial charge on any atom is -0.457 e. The molecular weight excluding hydrogens is 443 g/mol. The van der Waals surface area contributed by atoms with Crippen LogP contribution in [0.25, 0.3) is 17.4 Å². The van der Waals surface area contributed by atoms with Crippen molar-refractivity contribution in [2.45, 2.75) is 25.7 Å². The number of benzene rings is 1. The summed E-state index contributed by atoms with van der Waals surface area (Å²) in [4.78, 5) is 25.5. The molecule has 8 heteroatoms. The fourth-order valence-corrected chi connectivity index (χ4v) is 5.20. The van der Waals surface area contributed by atoms with E-state index in [1.807, 2.05) is 0 Å². The molecule has 1 aromatic carbocycles. The number of carbonyl (C=O) groups excluding carboxylic acids is 2. The van der Waals surface area contributed by atoms with E-state index in [-0.39, 0.29) is 5.91 Å². The first-order chi connectivity index (χ1) is 14.4. The molecule has 3 aromatic rings. The number of rotatable bonds is 5. The normalized spacial score (nSPS) is 13.4. The van der Waals surface area contributed by atoms with Crippen molar-refractivity contribution in [1.29, 1.82) is 0 Å². The van der Waals surface area contributed by atoms with Gasteiger partial charge in [-0.05, 0) is 61.6 Å². The van der Waals surface area contributed by atoms with Crippen LogP contribution in [0.1, 0.15) is 39.4 Å². The smallest absolute Gasteiger partial charge is 0.251 e. The lowest BCUT2D eigenvalue weighted by molar-refractivity contribution is -0.111. The molecule has 4 rings (SSSR count). The third-order valence-electron chi connectivity index (χ3n) is 4.90. The topological polar surface area (TPSA) is 85.3 Å². The van der Waals surface area contributed by atoms with Gasteiger partial charge in [0.1, 0.15) is 16.5 Å². The van der Waals surface area contributed by atoms with Crippen molar-refractivity contribution in [2.75, 3.05) is 5.32 Å². The van der Waals surface area contributed by atoms with Crippen molar-refractivity contribution in [1.82, 2.24) is 0 Å². The summed E-state index contributed by atoms with van der Waals surface area (Å²) in [6.07, 6.45) is 6.73. The molecule has 0 spiro atoms. The Kier molecular flexibility index (Phi) is 5.99. The minimum atomic E-state index is -0.511. The van der Waals surface area contributed by atoms with Gasteiger partial charge in [-0.1, -0.05) is 29.3 Å². The molecule has 154 valence electrons. The summed E-state index contributed by atoms with van der Waals surface area (Å²) in [5.74, 6) is 0.152. The number of amides is 2. The molecule has 1 aliphatic carbocycles. The highest BCUT2D eigenvalue weighted by Crippen LogP contribution is 2.38. The number of nitrogens with two attached hydrogens (primary N) is 1. The highest BCUT2D eigenvalue weighted by molar-refractivity contribution is 7.17. The second-order valence-electron chi connectivity index (χ2n) is 6.91. The zero-order valence-electron chi connectivity index (χ0n) is 15.8. The van der Waals surface area contributed by atoms with Gasteiger partial charge in [0.2, 0.25) is 5.91 Å². The van der Waals surface area contributed by atoms with Crippen molar-refractivity contribution < 1.29 is 14.0 Å². The highest BCUT2D eigenvalue weighted by Gasteiger charge is 2.24. The van der Waals surface area contributed by atoms with E-state index in [4.69, 9.17) is 33.4 Å². The van der Waals surface area contributed by atoms with Gasteiger partial charge < -0.3 is 15.5 Å². The first kappa shape index (κ1) is 20.7. The summed E-state index contributed by atoms with van der Waals surface area (Å²) in [7, 11) is 0. The van der Waals surface area contributed by atoms with E-state index in [1.54, 1.807) is 36.4 Å². The number of hydrogen-bond donors (Lipinski definition) is 2. The van der Waals surface area contributed by atoms with E-state index >= 15 is 0 Å². The Morgan fingerprint density at radius 3 is 2.73 bits per heavy atom. The van der Waals surface area contributed by atoms with Gasteiger partial charge in [0.15, 0.2) is 0 Å². The lowest BCUT2D eigenvalue weighted by atomic mass is 9.95. The fourth-order valence-electron chi connectivity index (χ4n) is 3.51. The molecule has 0 saturated carbocycles. The lowest BCUT2D eigenvalue weighted by Gasteiger charge is -2.11. The second-order valence-corrected chi connectivity index (χ2v) is 8.80. The van der Waals surface area contributed by atoms with E-state index in [0.29, 0.717) is 37.7 Å². The Morgan fingerprint density at radius 2 is 1.93 bits per heavy atom. The third kappa shape index (κ3) is 4.17. The van der Waals surface area contributed by atoms with Gasteiger partial charge in [-0.3, -0.25) is 9.59 Å². The quantitative estimate of drug-likeness (QED) is 0.461. The number of hydrogen-bond acceptors (Lipinski definition) is 4. The Morgan fingerprint density at radius 1 is 1.13 bits per heavy atom. The maximum absolute atomic E-state index is 12.4. The van der Waals surface area contributed by atoms with Crippen LogP contribution in [0.15, 0.2) is 40.8 Å². The zero-order chi connectivity index (χ0) is 21.3. The summed E-state index contributed by atoms with van der Waals surface area (Å²) in [5, 5.41) is 4.14. The molecule has 0 radical (unpaired) electrons. The highest BCUT2D eigenvalue weighted by atomic mass is 35.5. The van der Waals surface area contributed by atoms with Crippen LogP contribution in [0.2, 0.25) is 10.0 Å². The number of primary amides is 1. The van der Waals surface area contributed by atoms with Crippen LogP contribution in [0.4, 0.5) is 5.00 Å². The van der Waals surface area contributed by atoms with Crippen LogP contribution in [0.3, 0.4) is 0 Å². The van der Waals surface area contributed by atoms with Gasteiger partial charge in [0.25, 0.3) is 5.91 Å². The van der Waals surface area contributed by atoms with E-state index in [2.05, 4.69) is 5.32 Å². The maximum Gasteiger partial charge on any atom is 0.251 e. The van der Waals surface area contributed by atoms with Gasteiger partial charge >= 0.3 is 0 Å². The molecule has 2 amide bonds. The van der Waals surface area contributed by atoms with Gasteiger partial charge in [0, 0.05) is 16.5 Å². The number of furan rings is 1. The monoisotopic (exact) mass is 460 g/mol. The first-order valence-corrected chi connectivity index (χ1v) is 11.0. The summed E-state index contributed by atoms with van der Waals surface area (Å²) in [5.41, 5.74) is 7.65. The van der Waals surface area contributed by atoms with Crippen LogP contribution in [0, 0.1) is 0 Å². The molecule has 0 fully saturated rings. The molecule has 0 saturated heterocycles. The SMILES string of the molecule is NC(=O)c1c(NC(=O)C=Cc2ccc(-c3cccc(Cl)c3Cl)o2)sc2c1CCCC2. The molecule has 0 aliphatic heterocycles. The molecule has 5 nitrogen and oxygen atoms in total. The molecule has 0 atom stereocenters. The van der Waals surface area contributed by atoms with Crippen LogP contribution >= 0.6 is 34.5 Å². The minimum absolute atomic E-state index is 0.366. The third-order valence-corrected chi connectivity index (χ3v) is 6.92. The number of halogens is 2. The Bertz CT molecular complexity index is 1160. The van der Waals surface area contributed by atoms with Gasteiger partial charge in [-0.25, -0.2) is 0 Å². The number of aryl methyl sites for hydroxylation is 1. The average Bonchev–Trinajstić information content (AvgIpc) is 3.32. The van der Waals surface area contributed by atoms with Crippen LogP contribution in [0.5, 0.6) is 0 Å². The van der Waals surface area contributed by atoms with E-state index < -0.39 is 5.91 Å². The van der Waals surface area contributed by atoms with Gasteiger partial charge in [0.05, 0.1) is 15.6 Å². The Balaban J connectivity index is 1.50. The van der Waals surface area contributed by atoms with Crippen LogP contribution < -0.4 is 11.1 Å². The number of nitrogens with one attached hydrogen (secondary N) is 1. The van der Waals surface area contributed by atoms with E-state index in [9.17, 15) is 9.59 Å². The van der Waals surface area contributed by atoms with Crippen molar-refractivity contribution in [3.05, 3.63) is 68.2 Å². The number of carbonyl (C=O) groups is 2. The predicted octanol–water partition coefficient (Wildman–Crippen LogP) is 5.94. The summed E-state index contributed by atoms with van der Waals surface area (Å²) < 4.78 is 5.75. The summed E-state index contributed by atoms with van der Waals surface area (Å²) in [6.45, 7) is 0. The molecule has 1 aliphatic rings. The zero-order valence-corrected chi connectivity index (χ0v) is 18.2. The number of fused-ring (bicyclic) bond motifs is 1. The molecule has 2 heterocycles. The Hall–Kier alpha value is -2.54. The van der Waals surface area contributed by atoms with Crippen molar-refractivity contribution in [3.8, 4) is 11.3 Å². The second kappa shape index (κ2) is 8.68. The number of thiophene rings is 1. The largest absolute Gasteiger partial charge is 0.457 e. The maximum atomic E-state index is 12.4. The molecule has 0 bridgehead atoms. The number of anilines is 1. The van der Waals surface area contributed by atoms with Crippen LogP contribution in [-0.4, -0.2) is 11.8 Å². The summed E-state index contributed by atoms with van der Waals surface area (Å²) >= 11 is 13.7.